The number of hydrogen-bond acceptors (Lipinski definition) is 4. The number of carbonyl (C=O) groups is 1. The number of alkyl halides is 3. The molecule has 0 unspecified atom stereocenters. The second-order valence-electron chi connectivity index (χ2n) is 5.72. The number of nitrogens with zero attached hydrogens (tertiary/aromatic N) is 3. The van der Waals surface area contributed by atoms with Gasteiger partial charge in [-0.2, -0.15) is 18.3 Å². The molecule has 1 aromatic carbocycles. The van der Waals surface area contributed by atoms with Crippen molar-refractivity contribution in [1.82, 2.24) is 14.7 Å². The topological polar surface area (TPSA) is 67.6 Å². The van der Waals surface area contributed by atoms with E-state index in [1.165, 1.54) is 11.1 Å². The van der Waals surface area contributed by atoms with Gasteiger partial charge in [-0.25, -0.2) is 4.79 Å². The van der Waals surface area contributed by atoms with Crippen LogP contribution in [-0.4, -0.2) is 58.2 Å². The molecule has 2 heterocycles. The van der Waals surface area contributed by atoms with E-state index in [0.29, 0.717) is 0 Å². The number of benzene rings is 1. The van der Waals surface area contributed by atoms with Gasteiger partial charge in [-0.05, 0) is 5.56 Å². The number of rotatable bonds is 4. The molecule has 26 heavy (non-hydrogen) atoms. The van der Waals surface area contributed by atoms with Crippen molar-refractivity contribution >= 4 is 5.97 Å². The lowest BCUT2D eigenvalue weighted by Crippen LogP contribution is -2.35. The lowest BCUT2D eigenvalue weighted by molar-refractivity contribution is -0.192. The second kappa shape index (κ2) is 9.35. The number of aromatic nitrogens is 2. The normalized spacial score (nSPS) is 15.2. The molecule has 6 nitrogen and oxygen atoms in total. The molecule has 1 aliphatic rings. The van der Waals surface area contributed by atoms with Gasteiger partial charge in [-0.1, -0.05) is 30.3 Å². The quantitative estimate of drug-likeness (QED) is 0.894. The Morgan fingerprint density at radius 2 is 1.73 bits per heavy atom. The maximum absolute atomic E-state index is 10.6. The Balaban J connectivity index is 0.000000298. The zero-order valence-electron chi connectivity index (χ0n) is 14.0. The SMILES string of the molecule is O=C(O)C(F)(F)F.c1ccc(Cn2cc(CN3CCOCC3)cn2)cc1. The van der Waals surface area contributed by atoms with Crippen LogP contribution in [0.1, 0.15) is 11.1 Å². The minimum atomic E-state index is -5.08. The Morgan fingerprint density at radius 3 is 2.31 bits per heavy atom. The molecule has 0 spiro atoms. The van der Waals surface area contributed by atoms with Gasteiger partial charge in [0.05, 0.1) is 26.0 Å². The van der Waals surface area contributed by atoms with Crippen LogP contribution in [0, 0.1) is 0 Å². The summed E-state index contributed by atoms with van der Waals surface area (Å²) >= 11 is 0. The first-order chi connectivity index (χ1) is 12.3. The predicted molar refractivity (Wildman–Crippen MR) is 87.6 cm³/mol. The first kappa shape index (κ1) is 19.9. The van der Waals surface area contributed by atoms with Gasteiger partial charge in [0, 0.05) is 31.4 Å². The maximum atomic E-state index is 10.6. The number of hydrogen-bond donors (Lipinski definition) is 1. The molecule has 142 valence electrons. The average Bonchev–Trinajstić information content (AvgIpc) is 3.03. The van der Waals surface area contributed by atoms with Crippen LogP contribution < -0.4 is 0 Å². The van der Waals surface area contributed by atoms with E-state index in [-0.39, 0.29) is 0 Å². The zero-order valence-corrected chi connectivity index (χ0v) is 14.0. The molecule has 0 atom stereocenters. The first-order valence-electron chi connectivity index (χ1n) is 8.00. The molecule has 1 saturated heterocycles. The van der Waals surface area contributed by atoms with Crippen LogP contribution in [0.3, 0.4) is 0 Å². The maximum Gasteiger partial charge on any atom is 0.490 e. The molecule has 3 rings (SSSR count). The Labute approximate surface area is 148 Å². The average molecular weight is 371 g/mol. The van der Waals surface area contributed by atoms with E-state index in [2.05, 4.69) is 40.5 Å². The number of carboxylic acids is 1. The summed E-state index contributed by atoms with van der Waals surface area (Å²) in [7, 11) is 0. The summed E-state index contributed by atoms with van der Waals surface area (Å²) in [4.78, 5) is 11.3. The van der Waals surface area contributed by atoms with Crippen LogP contribution in [0.25, 0.3) is 0 Å². The fourth-order valence-corrected chi connectivity index (χ4v) is 2.36. The Hall–Kier alpha value is -2.39. The number of halogens is 3. The van der Waals surface area contributed by atoms with Crippen molar-refractivity contribution in [3.05, 3.63) is 53.9 Å². The minimum absolute atomic E-state index is 0.837. The van der Waals surface area contributed by atoms with E-state index in [1.807, 2.05) is 16.9 Å². The van der Waals surface area contributed by atoms with E-state index in [0.717, 1.165) is 39.4 Å². The van der Waals surface area contributed by atoms with Crippen molar-refractivity contribution in [2.24, 2.45) is 0 Å². The largest absolute Gasteiger partial charge is 0.490 e. The van der Waals surface area contributed by atoms with E-state index in [4.69, 9.17) is 14.6 Å². The van der Waals surface area contributed by atoms with Crippen molar-refractivity contribution in [3.8, 4) is 0 Å². The van der Waals surface area contributed by atoms with Gasteiger partial charge in [0.15, 0.2) is 0 Å². The molecular formula is C17H20F3N3O3. The molecule has 1 aromatic heterocycles. The summed E-state index contributed by atoms with van der Waals surface area (Å²) in [5.74, 6) is -2.76. The highest BCUT2D eigenvalue weighted by atomic mass is 19.4. The van der Waals surface area contributed by atoms with Crippen molar-refractivity contribution in [2.75, 3.05) is 26.3 Å². The molecule has 0 bridgehead atoms. The first-order valence-corrected chi connectivity index (χ1v) is 8.00. The van der Waals surface area contributed by atoms with E-state index < -0.39 is 12.1 Å². The molecule has 0 amide bonds. The molecule has 1 fully saturated rings. The summed E-state index contributed by atoms with van der Waals surface area (Å²) in [5, 5.41) is 11.6. The van der Waals surface area contributed by atoms with E-state index in [9.17, 15) is 13.2 Å². The Bertz CT molecular complexity index is 683. The molecule has 0 radical (unpaired) electrons. The third kappa shape index (κ3) is 6.85. The smallest absolute Gasteiger partial charge is 0.475 e. The van der Waals surface area contributed by atoms with Crippen LogP contribution in [0.5, 0.6) is 0 Å². The number of ether oxygens (including phenoxy) is 1. The Kier molecular flexibility index (Phi) is 7.16. The van der Waals surface area contributed by atoms with Gasteiger partial charge < -0.3 is 9.84 Å². The van der Waals surface area contributed by atoms with Crippen LogP contribution in [0.2, 0.25) is 0 Å². The molecule has 0 aliphatic carbocycles. The van der Waals surface area contributed by atoms with Gasteiger partial charge in [-0.15, -0.1) is 0 Å². The molecule has 1 N–H and O–H groups in total. The predicted octanol–water partition coefficient (Wildman–Crippen LogP) is 2.40. The summed E-state index contributed by atoms with van der Waals surface area (Å²) in [6.07, 6.45) is -0.971. The van der Waals surface area contributed by atoms with Gasteiger partial charge in [0.25, 0.3) is 0 Å². The van der Waals surface area contributed by atoms with E-state index in [1.54, 1.807) is 0 Å². The molecule has 2 aromatic rings. The molecular weight excluding hydrogens is 351 g/mol. The summed E-state index contributed by atoms with van der Waals surface area (Å²) < 4.78 is 39.1. The number of carboxylic acid groups (broad SMARTS) is 1. The third-order valence-corrected chi connectivity index (χ3v) is 3.63. The van der Waals surface area contributed by atoms with Gasteiger partial charge >= 0.3 is 12.1 Å². The summed E-state index contributed by atoms with van der Waals surface area (Å²) in [5.41, 5.74) is 2.56. The van der Waals surface area contributed by atoms with Crippen molar-refractivity contribution in [3.63, 3.8) is 0 Å². The number of morpholine rings is 1. The number of aliphatic carboxylic acids is 1. The molecule has 1 aliphatic heterocycles. The summed E-state index contributed by atoms with van der Waals surface area (Å²) in [6.45, 7) is 5.53. The zero-order chi connectivity index (χ0) is 19.0. The highest BCUT2D eigenvalue weighted by Gasteiger charge is 2.38. The third-order valence-electron chi connectivity index (χ3n) is 3.63. The van der Waals surface area contributed by atoms with Crippen LogP contribution >= 0.6 is 0 Å². The highest BCUT2D eigenvalue weighted by Crippen LogP contribution is 2.13. The lowest BCUT2D eigenvalue weighted by atomic mass is 10.2. The molecule has 9 heteroatoms. The fraction of sp³-hybridized carbons (Fsp3) is 0.412. The monoisotopic (exact) mass is 371 g/mol. The fourth-order valence-electron chi connectivity index (χ4n) is 2.36. The Morgan fingerprint density at radius 1 is 1.12 bits per heavy atom. The second-order valence-corrected chi connectivity index (χ2v) is 5.72. The van der Waals surface area contributed by atoms with Gasteiger partial charge in [-0.3, -0.25) is 9.58 Å². The lowest BCUT2D eigenvalue weighted by Gasteiger charge is -2.25. The minimum Gasteiger partial charge on any atom is -0.475 e. The van der Waals surface area contributed by atoms with E-state index >= 15 is 0 Å². The van der Waals surface area contributed by atoms with Gasteiger partial charge in [0.2, 0.25) is 0 Å². The van der Waals surface area contributed by atoms with Gasteiger partial charge in [0.1, 0.15) is 0 Å². The van der Waals surface area contributed by atoms with Crippen LogP contribution in [0.4, 0.5) is 13.2 Å². The highest BCUT2D eigenvalue weighted by molar-refractivity contribution is 5.73. The van der Waals surface area contributed by atoms with Crippen LogP contribution in [0.15, 0.2) is 42.7 Å². The summed E-state index contributed by atoms with van der Waals surface area (Å²) in [6, 6.07) is 10.4. The van der Waals surface area contributed by atoms with Crippen molar-refractivity contribution < 1.29 is 27.8 Å². The van der Waals surface area contributed by atoms with Crippen molar-refractivity contribution in [1.29, 1.82) is 0 Å². The van der Waals surface area contributed by atoms with Crippen LogP contribution in [-0.2, 0) is 22.6 Å². The van der Waals surface area contributed by atoms with Crippen molar-refractivity contribution in [2.45, 2.75) is 19.3 Å². The standard InChI is InChI=1S/C15H19N3O.C2HF3O2/c1-2-4-14(5-3-1)12-18-13-15(10-16-18)11-17-6-8-19-9-7-17;3-2(4,5)1(6)7/h1-5,10,13H,6-9,11-12H2;(H,6,7). The molecule has 0 saturated carbocycles.